The fraction of sp³-hybridized carbons (Fsp3) is 0.375. The molecule has 0 saturated heterocycles. The van der Waals surface area contributed by atoms with E-state index >= 15 is 0 Å². The molecule has 0 aliphatic carbocycles. The van der Waals surface area contributed by atoms with Gasteiger partial charge in [-0.1, -0.05) is 36.3 Å². The molecule has 0 aliphatic heterocycles. The summed E-state index contributed by atoms with van der Waals surface area (Å²) in [4.78, 5) is 27.8. The monoisotopic (exact) mass is 370 g/mol. The van der Waals surface area contributed by atoms with Crippen molar-refractivity contribution in [2.24, 2.45) is 5.73 Å². The first-order chi connectivity index (χ1) is 12.1. The molecule has 2 amide bonds. The Morgan fingerprint density at radius 2 is 1.88 bits per heavy atom. The Kier molecular flexibility index (Phi) is 5.63. The molecular formula is C16H17F3N4O3. The van der Waals surface area contributed by atoms with Crippen LogP contribution < -0.4 is 5.73 Å². The van der Waals surface area contributed by atoms with Gasteiger partial charge < -0.3 is 15.2 Å². The van der Waals surface area contributed by atoms with Crippen molar-refractivity contribution in [1.82, 2.24) is 15.0 Å². The summed E-state index contributed by atoms with van der Waals surface area (Å²) in [6, 6.07) is 6.00. The predicted molar refractivity (Wildman–Crippen MR) is 84.2 cm³/mol. The summed E-state index contributed by atoms with van der Waals surface area (Å²) in [6.07, 6.45) is -4.09. The quantitative estimate of drug-likeness (QED) is 0.814. The second-order valence-electron chi connectivity index (χ2n) is 5.67. The highest BCUT2D eigenvalue weighted by atomic mass is 19.4. The third-order valence-corrected chi connectivity index (χ3v) is 3.83. The zero-order valence-corrected chi connectivity index (χ0v) is 14.1. The Hall–Kier alpha value is -2.91. The fourth-order valence-corrected chi connectivity index (χ4v) is 2.20. The first-order valence-corrected chi connectivity index (χ1v) is 7.74. The van der Waals surface area contributed by atoms with Crippen molar-refractivity contribution < 1.29 is 27.3 Å². The van der Waals surface area contributed by atoms with E-state index in [0.717, 1.165) is 0 Å². The highest BCUT2D eigenvalue weighted by molar-refractivity contribution is 6.34. The molecule has 1 aromatic heterocycles. The minimum atomic E-state index is -4.71. The van der Waals surface area contributed by atoms with Crippen molar-refractivity contribution in [1.29, 1.82) is 0 Å². The van der Waals surface area contributed by atoms with Gasteiger partial charge in [-0.2, -0.15) is 18.2 Å². The maximum Gasteiger partial charge on any atom is 0.471 e. The minimum absolute atomic E-state index is 0.136. The van der Waals surface area contributed by atoms with E-state index in [1.807, 2.05) is 6.92 Å². The molecule has 0 fully saturated rings. The van der Waals surface area contributed by atoms with Gasteiger partial charge in [0.25, 0.3) is 0 Å². The summed E-state index contributed by atoms with van der Waals surface area (Å²) in [5.41, 5.74) is 6.06. The van der Waals surface area contributed by atoms with Crippen LogP contribution in [0.15, 0.2) is 28.8 Å². The number of aromatic nitrogens is 2. The number of carbonyl (C=O) groups excluding carboxylic acids is 2. The van der Waals surface area contributed by atoms with Gasteiger partial charge in [-0.15, -0.1) is 0 Å². The van der Waals surface area contributed by atoms with Crippen LogP contribution in [0.3, 0.4) is 0 Å². The summed E-state index contributed by atoms with van der Waals surface area (Å²) < 4.78 is 41.7. The molecule has 2 rings (SSSR count). The molecule has 1 unspecified atom stereocenters. The second-order valence-corrected chi connectivity index (χ2v) is 5.67. The Balaban J connectivity index is 2.19. The smallest absolute Gasteiger partial charge is 0.361 e. The number of hydrogen-bond donors (Lipinski definition) is 1. The molecule has 10 heteroatoms. The zero-order chi connectivity index (χ0) is 19.5. The van der Waals surface area contributed by atoms with Gasteiger partial charge in [-0.05, 0) is 18.9 Å². The SMILES string of the molecule is CCC(C)N(Cc1ccc(-c2noc(C(F)(F)F)n2)cc1)C(=O)C(N)=O. The van der Waals surface area contributed by atoms with Crippen molar-refractivity contribution in [3.05, 3.63) is 35.7 Å². The van der Waals surface area contributed by atoms with Crippen molar-refractivity contribution in [3.8, 4) is 11.4 Å². The lowest BCUT2D eigenvalue weighted by Gasteiger charge is -2.27. The van der Waals surface area contributed by atoms with E-state index in [9.17, 15) is 22.8 Å². The molecule has 0 spiro atoms. The van der Waals surface area contributed by atoms with E-state index in [4.69, 9.17) is 5.73 Å². The van der Waals surface area contributed by atoms with Crippen LogP contribution in [0.25, 0.3) is 11.4 Å². The topological polar surface area (TPSA) is 102 Å². The third-order valence-electron chi connectivity index (χ3n) is 3.83. The third kappa shape index (κ3) is 4.38. The van der Waals surface area contributed by atoms with Crippen LogP contribution in [-0.2, 0) is 22.3 Å². The molecular weight excluding hydrogens is 353 g/mol. The molecule has 1 aromatic carbocycles. The number of nitrogens with two attached hydrogens (primary N) is 1. The van der Waals surface area contributed by atoms with E-state index in [2.05, 4.69) is 14.7 Å². The van der Waals surface area contributed by atoms with Crippen LogP contribution in [-0.4, -0.2) is 32.9 Å². The van der Waals surface area contributed by atoms with Gasteiger partial charge in [-0.25, -0.2) is 0 Å². The lowest BCUT2D eigenvalue weighted by Crippen LogP contribution is -2.44. The van der Waals surface area contributed by atoms with Crippen LogP contribution in [0.4, 0.5) is 13.2 Å². The summed E-state index contributed by atoms with van der Waals surface area (Å²) in [6.45, 7) is 3.79. The van der Waals surface area contributed by atoms with Crippen LogP contribution in [0, 0.1) is 0 Å². The minimum Gasteiger partial charge on any atom is -0.361 e. The number of hydrogen-bond acceptors (Lipinski definition) is 5. The van der Waals surface area contributed by atoms with E-state index in [1.165, 1.54) is 17.0 Å². The first kappa shape index (κ1) is 19.4. The predicted octanol–water partition coefficient (Wildman–Crippen LogP) is 2.37. The van der Waals surface area contributed by atoms with Crippen molar-refractivity contribution in [2.75, 3.05) is 0 Å². The van der Waals surface area contributed by atoms with Gasteiger partial charge >= 0.3 is 23.9 Å². The molecule has 0 aliphatic rings. The number of carbonyl (C=O) groups is 2. The molecule has 1 atom stereocenters. The van der Waals surface area contributed by atoms with Gasteiger partial charge in [-0.3, -0.25) is 9.59 Å². The van der Waals surface area contributed by atoms with Crippen molar-refractivity contribution in [3.63, 3.8) is 0 Å². The number of amides is 2. The Bertz CT molecular complexity index is 787. The normalized spacial score (nSPS) is 12.7. The molecule has 26 heavy (non-hydrogen) atoms. The Morgan fingerprint density at radius 1 is 1.27 bits per heavy atom. The van der Waals surface area contributed by atoms with Gasteiger partial charge in [0.05, 0.1) is 0 Å². The summed E-state index contributed by atoms with van der Waals surface area (Å²) >= 11 is 0. The molecule has 140 valence electrons. The van der Waals surface area contributed by atoms with Crippen molar-refractivity contribution >= 4 is 11.8 Å². The van der Waals surface area contributed by atoms with Gasteiger partial charge in [0.15, 0.2) is 0 Å². The molecule has 2 aromatic rings. The maximum absolute atomic E-state index is 12.5. The van der Waals surface area contributed by atoms with E-state index in [0.29, 0.717) is 17.5 Å². The lowest BCUT2D eigenvalue weighted by atomic mass is 10.1. The van der Waals surface area contributed by atoms with Gasteiger partial charge in [0.2, 0.25) is 5.82 Å². The van der Waals surface area contributed by atoms with Crippen molar-refractivity contribution in [2.45, 2.75) is 39.0 Å². The number of alkyl halides is 3. The number of rotatable bonds is 5. The Morgan fingerprint density at radius 3 is 2.35 bits per heavy atom. The molecule has 0 radical (unpaired) electrons. The fourth-order valence-electron chi connectivity index (χ4n) is 2.20. The highest BCUT2D eigenvalue weighted by Crippen LogP contribution is 2.29. The summed E-state index contributed by atoms with van der Waals surface area (Å²) in [7, 11) is 0. The van der Waals surface area contributed by atoms with Crippen LogP contribution in [0.2, 0.25) is 0 Å². The number of halogens is 3. The van der Waals surface area contributed by atoms with Crippen LogP contribution in [0.5, 0.6) is 0 Å². The zero-order valence-electron chi connectivity index (χ0n) is 14.1. The Labute approximate surface area is 147 Å². The molecule has 1 heterocycles. The second kappa shape index (κ2) is 7.54. The average molecular weight is 370 g/mol. The van der Waals surface area contributed by atoms with Gasteiger partial charge in [0.1, 0.15) is 0 Å². The van der Waals surface area contributed by atoms with Crippen LogP contribution >= 0.6 is 0 Å². The van der Waals surface area contributed by atoms with Crippen LogP contribution in [0.1, 0.15) is 31.7 Å². The standard InChI is InChI=1S/C16H17F3N4O3/c1-3-9(2)23(14(25)12(20)24)8-10-4-6-11(7-5-10)13-21-15(26-22-13)16(17,18)19/h4-7,9H,3,8H2,1-2H3,(H2,20,24). The number of nitrogens with zero attached hydrogens (tertiary/aromatic N) is 3. The summed E-state index contributed by atoms with van der Waals surface area (Å²) in [5, 5.41) is 3.30. The molecule has 2 N–H and O–H groups in total. The highest BCUT2D eigenvalue weighted by Gasteiger charge is 2.38. The maximum atomic E-state index is 12.5. The first-order valence-electron chi connectivity index (χ1n) is 7.74. The average Bonchev–Trinajstić information content (AvgIpc) is 3.09. The number of benzene rings is 1. The molecule has 0 saturated carbocycles. The largest absolute Gasteiger partial charge is 0.471 e. The molecule has 0 bridgehead atoms. The summed E-state index contributed by atoms with van der Waals surface area (Å²) in [5.74, 6) is -3.47. The van der Waals surface area contributed by atoms with E-state index in [-0.39, 0.29) is 18.4 Å². The number of primary amides is 1. The lowest BCUT2D eigenvalue weighted by molar-refractivity contribution is -0.159. The molecule has 7 nitrogen and oxygen atoms in total. The van der Waals surface area contributed by atoms with E-state index in [1.54, 1.807) is 19.1 Å². The van der Waals surface area contributed by atoms with E-state index < -0.39 is 23.9 Å². The van der Waals surface area contributed by atoms with Gasteiger partial charge in [0, 0.05) is 18.2 Å².